The molecule has 0 saturated carbocycles. The summed E-state index contributed by atoms with van der Waals surface area (Å²) >= 11 is 3.35. The van der Waals surface area contributed by atoms with E-state index in [1.165, 1.54) is 24.3 Å². The van der Waals surface area contributed by atoms with Crippen molar-refractivity contribution in [3.8, 4) is 0 Å². The topological polar surface area (TPSA) is 3.24 Å². The second-order valence-electron chi connectivity index (χ2n) is 6.72. The molecule has 0 saturated heterocycles. The van der Waals surface area contributed by atoms with Crippen LogP contribution in [0, 0.1) is 0 Å². The molecule has 0 heterocycles. The number of alkyl halides is 6. The van der Waals surface area contributed by atoms with Crippen molar-refractivity contribution in [3.63, 3.8) is 0 Å². The maximum atomic E-state index is 12.8. The monoisotopic (exact) mass is 487 g/mol. The highest BCUT2D eigenvalue weighted by Gasteiger charge is 2.30. The predicted octanol–water partition coefficient (Wildman–Crippen LogP) is 7.69. The Morgan fingerprint density at radius 3 is 1.27 bits per heavy atom. The summed E-state index contributed by atoms with van der Waals surface area (Å²) in [5, 5.41) is 0. The van der Waals surface area contributed by atoms with Crippen molar-refractivity contribution in [2.24, 2.45) is 0 Å². The van der Waals surface area contributed by atoms with Gasteiger partial charge in [0, 0.05) is 23.2 Å². The third-order valence-electron chi connectivity index (χ3n) is 4.50. The fraction of sp³-hybridized carbons (Fsp3) is 0.182. The Hall–Kier alpha value is -2.48. The largest absolute Gasteiger partial charge is 0.416 e. The van der Waals surface area contributed by atoms with Crippen LogP contribution in [0.1, 0.15) is 22.3 Å². The quantitative estimate of drug-likeness (QED) is 0.333. The zero-order valence-electron chi connectivity index (χ0n) is 15.4. The molecule has 158 valence electrons. The summed E-state index contributed by atoms with van der Waals surface area (Å²) in [6.45, 7) is 0.585. The molecule has 0 fully saturated rings. The van der Waals surface area contributed by atoms with Gasteiger partial charge in [-0.2, -0.15) is 26.3 Å². The van der Waals surface area contributed by atoms with Crippen LogP contribution in [0.15, 0.2) is 77.3 Å². The molecule has 0 spiro atoms. The summed E-state index contributed by atoms with van der Waals surface area (Å²) in [4.78, 5) is 1.89. The molecule has 30 heavy (non-hydrogen) atoms. The predicted molar refractivity (Wildman–Crippen MR) is 107 cm³/mol. The van der Waals surface area contributed by atoms with Gasteiger partial charge in [-0.15, -0.1) is 0 Å². The first-order valence-corrected chi connectivity index (χ1v) is 9.64. The van der Waals surface area contributed by atoms with Gasteiger partial charge >= 0.3 is 12.4 Å². The Morgan fingerprint density at radius 1 is 0.567 bits per heavy atom. The van der Waals surface area contributed by atoms with Crippen molar-refractivity contribution in [2.75, 3.05) is 4.90 Å². The molecule has 0 aliphatic heterocycles. The molecule has 3 aromatic carbocycles. The van der Waals surface area contributed by atoms with Gasteiger partial charge in [0.2, 0.25) is 0 Å². The summed E-state index contributed by atoms with van der Waals surface area (Å²) in [5.41, 5.74) is 0.627. The van der Waals surface area contributed by atoms with E-state index < -0.39 is 23.5 Å². The molecule has 0 amide bonds. The lowest BCUT2D eigenvalue weighted by molar-refractivity contribution is -0.138. The Labute approximate surface area is 178 Å². The van der Waals surface area contributed by atoms with Crippen LogP contribution in [0.25, 0.3) is 0 Å². The Bertz CT molecular complexity index is 901. The van der Waals surface area contributed by atoms with E-state index in [-0.39, 0.29) is 0 Å². The van der Waals surface area contributed by atoms with Crippen LogP contribution < -0.4 is 4.90 Å². The van der Waals surface area contributed by atoms with Gasteiger partial charge in [0.15, 0.2) is 0 Å². The Kier molecular flexibility index (Phi) is 6.45. The van der Waals surface area contributed by atoms with Crippen LogP contribution in [0.5, 0.6) is 0 Å². The molecule has 0 atom stereocenters. The molecule has 3 rings (SSSR count). The van der Waals surface area contributed by atoms with Crippen molar-refractivity contribution < 1.29 is 26.3 Å². The zero-order valence-corrected chi connectivity index (χ0v) is 17.0. The van der Waals surface area contributed by atoms with Crippen molar-refractivity contribution >= 4 is 21.6 Å². The number of halogens is 7. The lowest BCUT2D eigenvalue weighted by atomic mass is 10.1. The lowest BCUT2D eigenvalue weighted by Crippen LogP contribution is -2.22. The van der Waals surface area contributed by atoms with E-state index in [0.29, 0.717) is 24.2 Å². The average molecular weight is 488 g/mol. The molecular formula is C22H16BrF6N. The second kappa shape index (κ2) is 8.71. The minimum absolute atomic E-state index is 0.292. The van der Waals surface area contributed by atoms with Gasteiger partial charge in [0.05, 0.1) is 11.1 Å². The molecule has 0 aromatic heterocycles. The van der Waals surface area contributed by atoms with Gasteiger partial charge in [-0.05, 0) is 59.7 Å². The summed E-state index contributed by atoms with van der Waals surface area (Å²) in [6.07, 6.45) is -8.83. The van der Waals surface area contributed by atoms with E-state index in [4.69, 9.17) is 0 Å². The summed E-state index contributed by atoms with van der Waals surface area (Å²) in [7, 11) is 0. The third-order valence-corrected chi connectivity index (χ3v) is 5.03. The third kappa shape index (κ3) is 5.78. The molecule has 0 N–H and O–H groups in total. The fourth-order valence-corrected chi connectivity index (χ4v) is 3.19. The van der Waals surface area contributed by atoms with Crippen molar-refractivity contribution in [3.05, 3.63) is 99.5 Å². The SMILES string of the molecule is FC(F)(F)c1ccc(CN(Cc2ccc(C(F)(F)F)cc2)c2ccc(Br)cc2)cc1. The van der Waals surface area contributed by atoms with Crippen molar-refractivity contribution in [2.45, 2.75) is 25.4 Å². The van der Waals surface area contributed by atoms with E-state index in [0.717, 1.165) is 34.4 Å². The average Bonchev–Trinajstić information content (AvgIpc) is 2.67. The smallest absolute Gasteiger partial charge is 0.363 e. The molecule has 3 aromatic rings. The van der Waals surface area contributed by atoms with Crippen LogP contribution in [0.2, 0.25) is 0 Å². The zero-order chi connectivity index (χ0) is 21.9. The van der Waals surface area contributed by atoms with E-state index in [1.54, 1.807) is 0 Å². The number of nitrogens with zero attached hydrogens (tertiary/aromatic N) is 1. The molecular weight excluding hydrogens is 472 g/mol. The van der Waals surface area contributed by atoms with Crippen LogP contribution in [-0.2, 0) is 25.4 Å². The first-order chi connectivity index (χ1) is 14.0. The Balaban J connectivity index is 1.85. The van der Waals surface area contributed by atoms with Crippen LogP contribution >= 0.6 is 15.9 Å². The van der Waals surface area contributed by atoms with Gasteiger partial charge in [-0.25, -0.2) is 0 Å². The summed E-state index contributed by atoms with van der Waals surface area (Å²) in [5.74, 6) is 0. The highest BCUT2D eigenvalue weighted by Crippen LogP contribution is 2.31. The van der Waals surface area contributed by atoms with Gasteiger partial charge in [-0.3, -0.25) is 0 Å². The van der Waals surface area contributed by atoms with Crippen LogP contribution in [-0.4, -0.2) is 0 Å². The van der Waals surface area contributed by atoms with Gasteiger partial charge < -0.3 is 4.90 Å². The van der Waals surface area contributed by atoms with Crippen LogP contribution in [0.3, 0.4) is 0 Å². The molecule has 0 bridgehead atoms. The first kappa shape index (κ1) is 22.2. The maximum Gasteiger partial charge on any atom is 0.416 e. The number of rotatable bonds is 5. The van der Waals surface area contributed by atoms with Crippen molar-refractivity contribution in [1.29, 1.82) is 0 Å². The van der Waals surface area contributed by atoms with E-state index in [9.17, 15) is 26.3 Å². The molecule has 0 aliphatic rings. The molecule has 0 aliphatic carbocycles. The van der Waals surface area contributed by atoms with E-state index >= 15 is 0 Å². The molecule has 0 radical (unpaired) electrons. The van der Waals surface area contributed by atoms with Crippen LogP contribution in [0.4, 0.5) is 32.0 Å². The minimum Gasteiger partial charge on any atom is -0.363 e. The first-order valence-electron chi connectivity index (χ1n) is 8.85. The number of hydrogen-bond acceptors (Lipinski definition) is 1. The van der Waals surface area contributed by atoms with Gasteiger partial charge in [-0.1, -0.05) is 40.2 Å². The summed E-state index contributed by atoms with van der Waals surface area (Å²) in [6, 6.07) is 17.0. The lowest BCUT2D eigenvalue weighted by Gasteiger charge is -2.26. The highest BCUT2D eigenvalue weighted by molar-refractivity contribution is 9.10. The molecule has 1 nitrogen and oxygen atoms in total. The normalized spacial score (nSPS) is 12.1. The number of anilines is 1. The standard InChI is InChI=1S/C22H16BrF6N/c23-19-9-11-20(12-10-19)30(13-15-1-5-17(6-2-15)21(24,25)26)14-16-3-7-18(8-4-16)22(27,28)29/h1-12H,13-14H2. The Morgan fingerprint density at radius 2 is 0.933 bits per heavy atom. The van der Waals surface area contributed by atoms with Gasteiger partial charge in [0.25, 0.3) is 0 Å². The number of benzene rings is 3. The van der Waals surface area contributed by atoms with Crippen molar-refractivity contribution in [1.82, 2.24) is 0 Å². The second-order valence-corrected chi connectivity index (χ2v) is 7.64. The number of hydrogen-bond donors (Lipinski definition) is 0. The molecule has 8 heteroatoms. The van der Waals surface area contributed by atoms with Gasteiger partial charge in [0.1, 0.15) is 0 Å². The molecule has 0 unspecified atom stereocenters. The minimum atomic E-state index is -4.41. The maximum absolute atomic E-state index is 12.8. The van der Waals surface area contributed by atoms with E-state index in [1.807, 2.05) is 29.2 Å². The highest BCUT2D eigenvalue weighted by atomic mass is 79.9. The van der Waals surface area contributed by atoms with E-state index in [2.05, 4.69) is 15.9 Å². The fourth-order valence-electron chi connectivity index (χ4n) is 2.93. The summed E-state index contributed by atoms with van der Waals surface area (Å²) < 4.78 is 77.6.